The number of amides is 1. The standard InChI is InChI=1S/C18H24F3N3O3.ClH/c1-24(17(25)14-4-3-7-22-14)10-11-8-13(19)16(23-15(11)26-2)27-12-5-6-18(20,21)9-12;/h8,12,14,22H,3-7,9-10H2,1-2H3;1H/t12?,14-;/m0./s1. The highest BCUT2D eigenvalue weighted by molar-refractivity contribution is 5.85. The average Bonchev–Trinajstić information content (AvgIpc) is 3.26. The fourth-order valence-corrected chi connectivity index (χ4v) is 3.53. The largest absolute Gasteiger partial charge is 0.481 e. The average molecular weight is 424 g/mol. The molecule has 1 aliphatic heterocycles. The molecule has 1 saturated carbocycles. The summed E-state index contributed by atoms with van der Waals surface area (Å²) in [5.41, 5.74) is 0.382. The number of aromatic nitrogens is 1. The van der Waals surface area contributed by atoms with Gasteiger partial charge in [-0.3, -0.25) is 4.79 Å². The van der Waals surface area contributed by atoms with E-state index < -0.39 is 24.3 Å². The molecule has 10 heteroatoms. The molecule has 0 radical (unpaired) electrons. The molecule has 3 rings (SSSR count). The summed E-state index contributed by atoms with van der Waals surface area (Å²) in [6.45, 7) is 0.919. The molecule has 1 unspecified atom stereocenters. The number of likely N-dealkylation sites (N-methyl/N-ethyl adjacent to an activating group) is 1. The summed E-state index contributed by atoms with van der Waals surface area (Å²) in [6, 6.07) is 0.950. The van der Waals surface area contributed by atoms with E-state index >= 15 is 0 Å². The Labute approximate surface area is 168 Å². The van der Waals surface area contributed by atoms with Gasteiger partial charge in [-0.25, -0.2) is 13.2 Å². The lowest BCUT2D eigenvalue weighted by Gasteiger charge is -2.22. The maximum Gasteiger partial charge on any atom is 0.254 e. The second kappa shape index (κ2) is 9.17. The van der Waals surface area contributed by atoms with E-state index in [1.807, 2.05) is 0 Å². The number of nitrogens with one attached hydrogen (secondary N) is 1. The fourth-order valence-electron chi connectivity index (χ4n) is 3.53. The van der Waals surface area contributed by atoms with Crippen molar-refractivity contribution < 1.29 is 27.4 Å². The first-order chi connectivity index (χ1) is 12.8. The normalized spacial score (nSPS) is 23.2. The Morgan fingerprint density at radius 3 is 2.71 bits per heavy atom. The summed E-state index contributed by atoms with van der Waals surface area (Å²) < 4.78 is 51.5. The number of halogens is 4. The van der Waals surface area contributed by atoms with Crippen molar-refractivity contribution in [2.75, 3.05) is 20.7 Å². The Morgan fingerprint density at radius 1 is 1.39 bits per heavy atom. The van der Waals surface area contributed by atoms with Crippen molar-refractivity contribution in [1.29, 1.82) is 0 Å². The highest BCUT2D eigenvalue weighted by atomic mass is 35.5. The van der Waals surface area contributed by atoms with Crippen molar-refractivity contribution >= 4 is 18.3 Å². The minimum atomic E-state index is -2.79. The van der Waals surface area contributed by atoms with Crippen LogP contribution in [0.1, 0.15) is 37.7 Å². The van der Waals surface area contributed by atoms with Crippen LogP contribution < -0.4 is 14.8 Å². The number of nitrogens with zero attached hydrogens (tertiary/aromatic N) is 2. The van der Waals surface area contributed by atoms with Gasteiger partial charge in [0.2, 0.25) is 11.8 Å². The number of methoxy groups -OCH3 is 1. The lowest BCUT2D eigenvalue weighted by atomic mass is 10.2. The van der Waals surface area contributed by atoms with Crippen molar-refractivity contribution in [3.63, 3.8) is 0 Å². The first kappa shape index (κ1) is 22.5. The van der Waals surface area contributed by atoms with Crippen LogP contribution in [0.2, 0.25) is 0 Å². The van der Waals surface area contributed by atoms with Gasteiger partial charge in [-0.1, -0.05) is 0 Å². The van der Waals surface area contributed by atoms with Crippen LogP contribution in [-0.4, -0.2) is 54.6 Å². The van der Waals surface area contributed by atoms with Crippen molar-refractivity contribution in [2.45, 2.75) is 56.7 Å². The molecule has 1 saturated heterocycles. The van der Waals surface area contributed by atoms with E-state index in [0.717, 1.165) is 19.4 Å². The Kier molecular flexibility index (Phi) is 7.39. The van der Waals surface area contributed by atoms with Gasteiger partial charge >= 0.3 is 0 Å². The first-order valence-electron chi connectivity index (χ1n) is 9.05. The van der Waals surface area contributed by atoms with Crippen LogP contribution in [0.3, 0.4) is 0 Å². The van der Waals surface area contributed by atoms with Gasteiger partial charge < -0.3 is 19.7 Å². The van der Waals surface area contributed by atoms with Crippen molar-refractivity contribution in [2.24, 2.45) is 0 Å². The van der Waals surface area contributed by atoms with E-state index in [-0.39, 0.29) is 55.5 Å². The Morgan fingerprint density at radius 2 is 2.14 bits per heavy atom. The zero-order valence-corrected chi connectivity index (χ0v) is 16.7. The molecule has 2 atom stereocenters. The number of alkyl halides is 2. The third kappa shape index (κ3) is 5.20. The van der Waals surface area contributed by atoms with Crippen LogP contribution in [0.25, 0.3) is 0 Å². The molecular formula is C18H25ClF3N3O3. The van der Waals surface area contributed by atoms with Crippen LogP contribution in [0.5, 0.6) is 11.8 Å². The zero-order chi connectivity index (χ0) is 19.6. The van der Waals surface area contributed by atoms with Gasteiger partial charge in [-0.2, -0.15) is 4.98 Å². The number of rotatable bonds is 6. The van der Waals surface area contributed by atoms with E-state index in [1.165, 1.54) is 18.1 Å². The fraction of sp³-hybridized carbons (Fsp3) is 0.667. The molecule has 1 aliphatic carbocycles. The minimum Gasteiger partial charge on any atom is -0.481 e. The second-order valence-electron chi connectivity index (χ2n) is 7.13. The molecule has 2 fully saturated rings. The molecule has 28 heavy (non-hydrogen) atoms. The summed E-state index contributed by atoms with van der Waals surface area (Å²) in [6.07, 6.45) is 0.335. The minimum absolute atomic E-state index is 0. The molecule has 1 aromatic heterocycles. The van der Waals surface area contributed by atoms with Crippen LogP contribution >= 0.6 is 12.4 Å². The van der Waals surface area contributed by atoms with E-state index in [0.29, 0.717) is 5.56 Å². The third-order valence-corrected chi connectivity index (χ3v) is 4.96. The van der Waals surface area contributed by atoms with Gasteiger partial charge in [-0.15, -0.1) is 12.4 Å². The molecule has 2 aliphatic rings. The zero-order valence-electron chi connectivity index (χ0n) is 15.8. The number of hydrogen-bond acceptors (Lipinski definition) is 5. The van der Waals surface area contributed by atoms with Crippen molar-refractivity contribution in [1.82, 2.24) is 15.2 Å². The molecule has 0 bridgehead atoms. The first-order valence-corrected chi connectivity index (χ1v) is 9.05. The molecule has 1 aromatic rings. The molecule has 158 valence electrons. The number of ether oxygens (including phenoxy) is 2. The van der Waals surface area contributed by atoms with Gasteiger partial charge in [0, 0.05) is 25.5 Å². The molecule has 6 nitrogen and oxygen atoms in total. The Bertz CT molecular complexity index is 702. The van der Waals surface area contributed by atoms with Crippen LogP contribution in [0.4, 0.5) is 13.2 Å². The molecule has 2 heterocycles. The predicted molar refractivity (Wildman–Crippen MR) is 98.7 cm³/mol. The molecule has 0 aromatic carbocycles. The van der Waals surface area contributed by atoms with Gasteiger partial charge in [0.15, 0.2) is 5.82 Å². The van der Waals surface area contributed by atoms with Crippen molar-refractivity contribution in [3.05, 3.63) is 17.4 Å². The topological polar surface area (TPSA) is 63.7 Å². The number of hydrogen-bond donors (Lipinski definition) is 1. The molecule has 1 amide bonds. The maximum atomic E-state index is 14.4. The van der Waals surface area contributed by atoms with E-state index in [9.17, 15) is 18.0 Å². The number of carbonyl (C=O) groups is 1. The van der Waals surface area contributed by atoms with Crippen LogP contribution in [0.15, 0.2) is 6.07 Å². The smallest absolute Gasteiger partial charge is 0.254 e. The number of pyridine rings is 1. The van der Waals surface area contributed by atoms with Gasteiger partial charge in [0.25, 0.3) is 11.8 Å². The lowest BCUT2D eigenvalue weighted by Crippen LogP contribution is -2.41. The Hall–Kier alpha value is -1.74. The SMILES string of the molecule is COc1nc(OC2CCC(F)(F)C2)c(F)cc1CN(C)C(=O)[C@@H]1CCCN1.Cl. The highest BCUT2D eigenvalue weighted by Gasteiger charge is 2.41. The van der Waals surface area contributed by atoms with Gasteiger partial charge in [0.1, 0.15) is 6.10 Å². The Balaban J connectivity index is 0.00000280. The lowest BCUT2D eigenvalue weighted by molar-refractivity contribution is -0.132. The maximum absolute atomic E-state index is 14.4. The quantitative estimate of drug-likeness (QED) is 0.762. The highest BCUT2D eigenvalue weighted by Crippen LogP contribution is 2.37. The van der Waals surface area contributed by atoms with Crippen molar-refractivity contribution in [3.8, 4) is 11.8 Å². The van der Waals surface area contributed by atoms with Gasteiger partial charge in [0.05, 0.1) is 19.7 Å². The summed E-state index contributed by atoms with van der Waals surface area (Å²) in [4.78, 5) is 17.9. The van der Waals surface area contributed by atoms with Crippen LogP contribution in [-0.2, 0) is 11.3 Å². The monoisotopic (exact) mass is 423 g/mol. The number of carbonyl (C=O) groups excluding carboxylic acids is 1. The van der Waals surface area contributed by atoms with Gasteiger partial charge in [-0.05, 0) is 31.9 Å². The molecular weight excluding hydrogens is 399 g/mol. The predicted octanol–water partition coefficient (Wildman–Crippen LogP) is 2.93. The van der Waals surface area contributed by atoms with E-state index in [4.69, 9.17) is 9.47 Å². The van der Waals surface area contributed by atoms with E-state index in [2.05, 4.69) is 10.3 Å². The molecule has 0 spiro atoms. The summed E-state index contributed by atoms with van der Waals surface area (Å²) >= 11 is 0. The summed E-state index contributed by atoms with van der Waals surface area (Å²) in [5, 5.41) is 3.13. The van der Waals surface area contributed by atoms with Crippen LogP contribution in [0, 0.1) is 5.82 Å². The summed E-state index contributed by atoms with van der Waals surface area (Å²) in [5.74, 6) is -3.88. The van der Waals surface area contributed by atoms with E-state index in [1.54, 1.807) is 7.05 Å². The second-order valence-corrected chi connectivity index (χ2v) is 7.13. The third-order valence-electron chi connectivity index (χ3n) is 4.96. The summed E-state index contributed by atoms with van der Waals surface area (Å²) in [7, 11) is 3.00. The molecule has 1 N–H and O–H groups in total.